The number of hydrogen-bond donors (Lipinski definition) is 1. The van der Waals surface area contributed by atoms with Gasteiger partial charge in [-0.25, -0.2) is 4.79 Å². The van der Waals surface area contributed by atoms with Crippen LogP contribution in [-0.4, -0.2) is 40.7 Å². The lowest BCUT2D eigenvalue weighted by molar-refractivity contribution is -0.305. The Labute approximate surface area is 153 Å². The summed E-state index contributed by atoms with van der Waals surface area (Å²) in [5.41, 5.74) is -3.60. The molecule has 0 heterocycles. The zero-order chi connectivity index (χ0) is 20.3. The molecule has 1 rings (SSSR count). The van der Waals surface area contributed by atoms with Crippen LogP contribution >= 0.6 is 0 Å². The number of rotatable bonds is 8. The van der Waals surface area contributed by atoms with E-state index in [1.54, 1.807) is 6.92 Å². The number of esters is 1. The van der Waals surface area contributed by atoms with Crippen molar-refractivity contribution in [3.8, 4) is 0 Å². The molecule has 4 nitrogen and oxygen atoms in total. The van der Waals surface area contributed by atoms with E-state index in [1.807, 2.05) is 13.8 Å². The Hall–Kier alpha value is -1.08. The molecule has 0 radical (unpaired) electrons. The third-order valence-corrected chi connectivity index (χ3v) is 5.71. The Morgan fingerprint density at radius 3 is 2.23 bits per heavy atom. The highest BCUT2D eigenvalue weighted by atomic mass is 19.4. The molecule has 0 aromatic rings. The van der Waals surface area contributed by atoms with Crippen LogP contribution in [0.4, 0.5) is 13.2 Å². The van der Waals surface area contributed by atoms with E-state index in [1.165, 1.54) is 6.92 Å². The highest BCUT2D eigenvalue weighted by Crippen LogP contribution is 2.45. The number of halogens is 3. The molecule has 152 valence electrons. The molecule has 0 saturated heterocycles. The minimum atomic E-state index is -4.80. The third-order valence-electron chi connectivity index (χ3n) is 5.71. The van der Waals surface area contributed by atoms with Crippen LogP contribution in [0.1, 0.15) is 66.7 Å². The second kappa shape index (κ2) is 8.30. The van der Waals surface area contributed by atoms with E-state index in [4.69, 9.17) is 9.47 Å². The summed E-state index contributed by atoms with van der Waals surface area (Å²) < 4.78 is 50.9. The van der Waals surface area contributed by atoms with Crippen LogP contribution in [0.3, 0.4) is 0 Å². The van der Waals surface area contributed by atoms with E-state index in [9.17, 15) is 23.1 Å². The second-order valence-corrected chi connectivity index (χ2v) is 7.44. The molecule has 0 aromatic heterocycles. The highest BCUT2D eigenvalue weighted by molar-refractivity contribution is 5.87. The number of alkyl halides is 3. The van der Waals surface area contributed by atoms with Crippen LogP contribution in [0.5, 0.6) is 0 Å². The predicted octanol–water partition coefficient (Wildman–Crippen LogP) is 4.55. The molecule has 0 spiro atoms. The maximum atomic E-state index is 13.2. The van der Waals surface area contributed by atoms with Crippen molar-refractivity contribution < 1.29 is 32.5 Å². The molecule has 4 unspecified atom stereocenters. The quantitative estimate of drug-likeness (QED) is 0.496. The third kappa shape index (κ3) is 4.60. The Kier molecular flexibility index (Phi) is 7.33. The molecule has 1 saturated carbocycles. The van der Waals surface area contributed by atoms with E-state index in [0.29, 0.717) is 25.7 Å². The number of ether oxygens (including phenoxy) is 2. The van der Waals surface area contributed by atoms with E-state index in [2.05, 4.69) is 6.58 Å². The SMILES string of the molecule is C=C(C)C(=O)OC1CCCC1C(CC)(CC)OC(C)C(C)(O)C(F)(F)F. The Balaban J connectivity index is 3.08. The minimum Gasteiger partial charge on any atom is -0.459 e. The fourth-order valence-corrected chi connectivity index (χ4v) is 3.63. The van der Waals surface area contributed by atoms with Crippen molar-refractivity contribution in [1.82, 2.24) is 0 Å². The summed E-state index contributed by atoms with van der Waals surface area (Å²) >= 11 is 0. The Morgan fingerprint density at radius 2 is 1.81 bits per heavy atom. The molecule has 26 heavy (non-hydrogen) atoms. The van der Waals surface area contributed by atoms with E-state index in [-0.39, 0.29) is 11.5 Å². The summed E-state index contributed by atoms with van der Waals surface area (Å²) in [7, 11) is 0. The molecular weight excluding hydrogens is 349 g/mol. The summed E-state index contributed by atoms with van der Waals surface area (Å²) in [5.74, 6) is -0.731. The fourth-order valence-electron chi connectivity index (χ4n) is 3.63. The van der Waals surface area contributed by atoms with Crippen LogP contribution < -0.4 is 0 Å². The first-order valence-corrected chi connectivity index (χ1v) is 9.15. The van der Waals surface area contributed by atoms with Gasteiger partial charge in [-0.1, -0.05) is 20.4 Å². The average Bonchev–Trinajstić information content (AvgIpc) is 2.99. The summed E-state index contributed by atoms with van der Waals surface area (Å²) in [6, 6.07) is 0. The van der Waals surface area contributed by atoms with Crippen molar-refractivity contribution in [2.75, 3.05) is 0 Å². The van der Waals surface area contributed by atoms with Crippen LogP contribution in [0.25, 0.3) is 0 Å². The summed E-state index contributed by atoms with van der Waals surface area (Å²) in [6.07, 6.45) is -3.66. The average molecular weight is 380 g/mol. The van der Waals surface area contributed by atoms with Crippen molar-refractivity contribution in [1.29, 1.82) is 0 Å². The first kappa shape index (κ1) is 23.0. The number of aliphatic hydroxyl groups is 1. The van der Waals surface area contributed by atoms with Gasteiger partial charge >= 0.3 is 12.1 Å². The molecule has 0 aromatic carbocycles. The number of carbonyl (C=O) groups excluding carboxylic acids is 1. The smallest absolute Gasteiger partial charge is 0.419 e. The van der Waals surface area contributed by atoms with Crippen LogP contribution in [0.15, 0.2) is 12.2 Å². The van der Waals surface area contributed by atoms with Gasteiger partial charge in [-0.2, -0.15) is 13.2 Å². The lowest BCUT2D eigenvalue weighted by atomic mass is 9.79. The molecule has 0 bridgehead atoms. The molecule has 1 aliphatic rings. The second-order valence-electron chi connectivity index (χ2n) is 7.44. The molecule has 0 amide bonds. The van der Waals surface area contributed by atoms with E-state index >= 15 is 0 Å². The van der Waals surface area contributed by atoms with Crippen LogP contribution in [0.2, 0.25) is 0 Å². The topological polar surface area (TPSA) is 55.8 Å². The summed E-state index contributed by atoms with van der Waals surface area (Å²) in [6.45, 7) is 10.8. The van der Waals surface area contributed by atoms with Crippen molar-refractivity contribution in [3.05, 3.63) is 12.2 Å². The normalized spacial score (nSPS) is 24.8. The van der Waals surface area contributed by atoms with Gasteiger partial charge in [-0.15, -0.1) is 0 Å². The van der Waals surface area contributed by atoms with Gasteiger partial charge in [0.1, 0.15) is 6.10 Å². The van der Waals surface area contributed by atoms with Crippen molar-refractivity contribution in [2.24, 2.45) is 5.92 Å². The van der Waals surface area contributed by atoms with E-state index < -0.39 is 35.6 Å². The van der Waals surface area contributed by atoms with Gasteiger partial charge in [-0.05, 0) is 52.9 Å². The first-order valence-electron chi connectivity index (χ1n) is 9.15. The zero-order valence-electron chi connectivity index (χ0n) is 16.3. The van der Waals surface area contributed by atoms with Crippen LogP contribution in [-0.2, 0) is 14.3 Å². The largest absolute Gasteiger partial charge is 0.459 e. The Bertz CT molecular complexity index is 509. The van der Waals surface area contributed by atoms with Gasteiger partial charge in [0.05, 0.1) is 11.7 Å². The van der Waals surface area contributed by atoms with Gasteiger partial charge in [-0.3, -0.25) is 0 Å². The van der Waals surface area contributed by atoms with Gasteiger partial charge in [0, 0.05) is 11.5 Å². The first-order chi connectivity index (χ1) is 11.8. The van der Waals surface area contributed by atoms with Crippen molar-refractivity contribution in [3.63, 3.8) is 0 Å². The van der Waals surface area contributed by atoms with Gasteiger partial charge in [0.2, 0.25) is 0 Å². The van der Waals surface area contributed by atoms with Gasteiger partial charge in [0.15, 0.2) is 5.60 Å². The molecular formula is C19H31F3O4. The molecule has 7 heteroatoms. The summed E-state index contributed by atoms with van der Waals surface area (Å²) in [5, 5.41) is 9.95. The van der Waals surface area contributed by atoms with Crippen molar-refractivity contribution >= 4 is 5.97 Å². The molecule has 4 atom stereocenters. The zero-order valence-corrected chi connectivity index (χ0v) is 16.3. The standard InChI is InChI=1S/C19H31F3O4/c1-7-18(8-2,26-13(5)17(6,24)19(20,21)22)14-10-9-11-15(14)25-16(23)12(3)4/h13-15,24H,3,7-11H2,1-2,4-6H3. The lowest BCUT2D eigenvalue weighted by Crippen LogP contribution is -2.56. The van der Waals surface area contributed by atoms with Gasteiger partial charge < -0.3 is 14.6 Å². The molecule has 0 aliphatic heterocycles. The molecule has 1 fully saturated rings. The maximum absolute atomic E-state index is 13.2. The monoisotopic (exact) mass is 380 g/mol. The maximum Gasteiger partial charge on any atom is 0.419 e. The summed E-state index contributed by atoms with van der Waals surface area (Å²) in [4.78, 5) is 11.9. The van der Waals surface area contributed by atoms with E-state index in [0.717, 1.165) is 13.3 Å². The number of carbonyl (C=O) groups is 1. The number of hydrogen-bond acceptors (Lipinski definition) is 4. The van der Waals surface area contributed by atoms with Crippen LogP contribution in [0, 0.1) is 5.92 Å². The lowest BCUT2D eigenvalue weighted by Gasteiger charge is -2.45. The fraction of sp³-hybridized carbons (Fsp3) is 0.842. The molecule has 1 aliphatic carbocycles. The Morgan fingerprint density at radius 1 is 1.27 bits per heavy atom. The highest BCUT2D eigenvalue weighted by Gasteiger charge is 2.57. The van der Waals surface area contributed by atoms with Gasteiger partial charge in [0.25, 0.3) is 0 Å². The molecule has 1 N–H and O–H groups in total. The minimum absolute atomic E-state index is 0.229. The van der Waals surface area contributed by atoms with Crippen molar-refractivity contribution in [2.45, 2.75) is 96.3 Å². The predicted molar refractivity (Wildman–Crippen MR) is 92.6 cm³/mol.